The van der Waals surface area contributed by atoms with Gasteiger partial charge < -0.3 is 15.4 Å². The number of nitrogens with zero attached hydrogens (tertiary/aromatic N) is 1. The second kappa shape index (κ2) is 12.0. The summed E-state index contributed by atoms with van der Waals surface area (Å²) < 4.78 is 34.0. The number of ether oxygens (including phenoxy) is 1. The summed E-state index contributed by atoms with van der Waals surface area (Å²) in [5.74, 6) is -0.578. The molecular formula is C26H31N3O5S2. The molecule has 0 spiro atoms. The van der Waals surface area contributed by atoms with Gasteiger partial charge in [0.05, 0.1) is 22.5 Å². The number of hydrogen-bond acceptors (Lipinski definition) is 6. The number of nitrogens with one attached hydrogen (secondary N) is 2. The maximum Gasteiger partial charge on any atom is 0.262 e. The number of carbonyl (C=O) groups is 2. The molecule has 2 amide bonds. The third-order valence-electron chi connectivity index (χ3n) is 6.10. The van der Waals surface area contributed by atoms with E-state index >= 15 is 0 Å². The number of hydrogen-bond donors (Lipinski definition) is 2. The Morgan fingerprint density at radius 3 is 2.64 bits per heavy atom. The van der Waals surface area contributed by atoms with Crippen molar-refractivity contribution in [2.75, 3.05) is 26.2 Å². The van der Waals surface area contributed by atoms with Crippen LogP contribution in [0.5, 0.6) is 0 Å². The molecule has 8 nitrogen and oxygen atoms in total. The molecule has 192 valence electrons. The molecule has 2 heterocycles. The predicted molar refractivity (Wildman–Crippen MR) is 141 cm³/mol. The van der Waals surface area contributed by atoms with Crippen LogP contribution >= 0.6 is 11.3 Å². The van der Waals surface area contributed by atoms with Gasteiger partial charge in [0, 0.05) is 24.3 Å². The number of carbonyl (C=O) groups excluding carboxylic acids is 2. The lowest BCUT2D eigenvalue weighted by atomic mass is 10.1. The van der Waals surface area contributed by atoms with E-state index in [1.165, 1.54) is 15.6 Å². The van der Waals surface area contributed by atoms with Crippen LogP contribution in [0.2, 0.25) is 0 Å². The summed E-state index contributed by atoms with van der Waals surface area (Å²) in [4.78, 5) is 26.7. The standard InChI is InChI=1S/C26H31N3O5S2/c1-2-3-12-22(28-26(31)24-16-19-9-7-8-13-23(19)35-24)25(30)27-17-20-18-29(14-15-34-20)36(32,33)21-10-5-4-6-11-21/h4-11,13,16,20,22H,2-3,12,14-15,17-18H2,1H3,(H,27,30)(H,28,31)/t20?,22-/m0/s1. The summed E-state index contributed by atoms with van der Waals surface area (Å²) in [5, 5.41) is 6.74. The average molecular weight is 530 g/mol. The minimum Gasteiger partial charge on any atom is -0.374 e. The summed E-state index contributed by atoms with van der Waals surface area (Å²) in [6, 6.07) is 17.2. The van der Waals surface area contributed by atoms with Gasteiger partial charge in [-0.25, -0.2) is 8.42 Å². The Kier molecular flexibility index (Phi) is 8.73. The quantitative estimate of drug-likeness (QED) is 0.419. The molecular weight excluding hydrogens is 498 g/mol. The number of morpholine rings is 1. The van der Waals surface area contributed by atoms with Gasteiger partial charge in [0.25, 0.3) is 5.91 Å². The largest absolute Gasteiger partial charge is 0.374 e. The Hall–Kier alpha value is -2.79. The van der Waals surface area contributed by atoms with Crippen molar-refractivity contribution in [2.45, 2.75) is 43.2 Å². The third kappa shape index (κ3) is 6.31. The minimum absolute atomic E-state index is 0.144. The fourth-order valence-electron chi connectivity index (χ4n) is 4.11. The van der Waals surface area contributed by atoms with Crippen LogP contribution in [-0.2, 0) is 19.6 Å². The first-order valence-electron chi connectivity index (χ1n) is 12.1. The second-order valence-corrected chi connectivity index (χ2v) is 11.8. The van der Waals surface area contributed by atoms with Gasteiger partial charge in [-0.2, -0.15) is 4.31 Å². The topological polar surface area (TPSA) is 105 Å². The highest BCUT2D eigenvalue weighted by Crippen LogP contribution is 2.25. The maximum absolute atomic E-state index is 13.0. The second-order valence-electron chi connectivity index (χ2n) is 8.73. The van der Waals surface area contributed by atoms with Crippen LogP contribution in [0.15, 0.2) is 65.6 Å². The molecule has 1 unspecified atom stereocenters. The molecule has 36 heavy (non-hydrogen) atoms. The van der Waals surface area contributed by atoms with Gasteiger partial charge in [-0.15, -0.1) is 11.3 Å². The number of sulfonamides is 1. The van der Waals surface area contributed by atoms with E-state index in [4.69, 9.17) is 4.74 Å². The average Bonchev–Trinajstić information content (AvgIpc) is 3.35. The van der Waals surface area contributed by atoms with E-state index in [0.717, 1.165) is 22.9 Å². The van der Waals surface area contributed by atoms with E-state index < -0.39 is 22.2 Å². The van der Waals surface area contributed by atoms with E-state index in [9.17, 15) is 18.0 Å². The van der Waals surface area contributed by atoms with Crippen LogP contribution in [0, 0.1) is 0 Å². The molecule has 1 aromatic heterocycles. The summed E-state index contributed by atoms with van der Waals surface area (Å²) in [5.41, 5.74) is 0. The van der Waals surface area contributed by atoms with Crippen LogP contribution in [-0.4, -0.2) is 62.9 Å². The Balaban J connectivity index is 1.36. The first-order chi connectivity index (χ1) is 17.4. The molecule has 1 saturated heterocycles. The van der Waals surface area contributed by atoms with Crippen molar-refractivity contribution in [2.24, 2.45) is 0 Å². The molecule has 10 heteroatoms. The number of benzene rings is 2. The van der Waals surface area contributed by atoms with Gasteiger partial charge in [-0.3, -0.25) is 9.59 Å². The van der Waals surface area contributed by atoms with Crippen molar-refractivity contribution in [3.05, 3.63) is 65.5 Å². The van der Waals surface area contributed by atoms with Crippen molar-refractivity contribution in [1.29, 1.82) is 0 Å². The van der Waals surface area contributed by atoms with E-state index in [-0.39, 0.29) is 43.0 Å². The number of unbranched alkanes of at least 4 members (excludes halogenated alkanes) is 1. The molecule has 0 aliphatic carbocycles. The van der Waals surface area contributed by atoms with E-state index in [0.29, 0.717) is 11.3 Å². The zero-order chi connectivity index (χ0) is 25.5. The van der Waals surface area contributed by atoms with Crippen molar-refractivity contribution in [3.8, 4) is 0 Å². The van der Waals surface area contributed by atoms with Gasteiger partial charge in [0.1, 0.15) is 6.04 Å². The highest BCUT2D eigenvalue weighted by Gasteiger charge is 2.31. The van der Waals surface area contributed by atoms with Crippen molar-refractivity contribution >= 4 is 43.3 Å². The highest BCUT2D eigenvalue weighted by molar-refractivity contribution is 7.89. The number of thiophene rings is 1. The smallest absolute Gasteiger partial charge is 0.262 e. The number of fused-ring (bicyclic) bond motifs is 1. The normalized spacial score (nSPS) is 17.5. The number of amides is 2. The Labute approximate surface area is 215 Å². The van der Waals surface area contributed by atoms with Gasteiger partial charge in [-0.05, 0) is 36.1 Å². The molecule has 2 aromatic carbocycles. The Morgan fingerprint density at radius 1 is 1.14 bits per heavy atom. The van der Waals surface area contributed by atoms with Gasteiger partial charge >= 0.3 is 0 Å². The fourth-order valence-corrected chi connectivity index (χ4v) is 6.56. The van der Waals surface area contributed by atoms with Crippen LogP contribution < -0.4 is 10.6 Å². The molecule has 0 radical (unpaired) electrons. The predicted octanol–water partition coefficient (Wildman–Crippen LogP) is 3.40. The van der Waals surface area contributed by atoms with Gasteiger partial charge in [-0.1, -0.05) is 56.2 Å². The van der Waals surface area contributed by atoms with Crippen LogP contribution in [0.25, 0.3) is 10.1 Å². The molecule has 1 aliphatic rings. The van der Waals surface area contributed by atoms with Crippen molar-refractivity contribution in [1.82, 2.24) is 14.9 Å². The minimum atomic E-state index is -3.63. The SMILES string of the molecule is CCCC[C@H](NC(=O)c1cc2ccccc2s1)C(=O)NCC1CN(S(=O)(=O)c2ccccc2)CCO1. The summed E-state index contributed by atoms with van der Waals surface area (Å²) in [6.07, 6.45) is 1.71. The van der Waals surface area contributed by atoms with Crippen LogP contribution in [0.1, 0.15) is 35.9 Å². The van der Waals surface area contributed by atoms with Crippen LogP contribution in [0.3, 0.4) is 0 Å². The van der Waals surface area contributed by atoms with E-state index in [1.54, 1.807) is 30.3 Å². The molecule has 0 bridgehead atoms. The van der Waals surface area contributed by atoms with Crippen molar-refractivity contribution < 1.29 is 22.7 Å². The van der Waals surface area contributed by atoms with Gasteiger partial charge in [0.15, 0.2) is 0 Å². The highest BCUT2D eigenvalue weighted by atomic mass is 32.2. The fraction of sp³-hybridized carbons (Fsp3) is 0.385. The lowest BCUT2D eigenvalue weighted by Gasteiger charge is -2.32. The first kappa shape index (κ1) is 26.3. The lowest BCUT2D eigenvalue weighted by Crippen LogP contribution is -2.52. The zero-order valence-corrected chi connectivity index (χ0v) is 21.8. The van der Waals surface area contributed by atoms with E-state index in [1.807, 2.05) is 37.3 Å². The summed E-state index contributed by atoms with van der Waals surface area (Å²) in [7, 11) is -3.63. The molecule has 1 fully saturated rings. The molecule has 2 atom stereocenters. The molecule has 4 rings (SSSR count). The summed E-state index contributed by atoms with van der Waals surface area (Å²) in [6.45, 7) is 2.83. The van der Waals surface area contributed by atoms with E-state index in [2.05, 4.69) is 10.6 Å². The third-order valence-corrected chi connectivity index (χ3v) is 9.10. The Morgan fingerprint density at radius 2 is 1.89 bits per heavy atom. The summed E-state index contributed by atoms with van der Waals surface area (Å²) >= 11 is 1.39. The lowest BCUT2D eigenvalue weighted by molar-refractivity contribution is -0.124. The first-order valence-corrected chi connectivity index (χ1v) is 14.4. The molecule has 3 aromatic rings. The number of rotatable bonds is 10. The molecule has 0 saturated carbocycles. The van der Waals surface area contributed by atoms with Crippen LogP contribution in [0.4, 0.5) is 0 Å². The van der Waals surface area contributed by atoms with Gasteiger partial charge in [0.2, 0.25) is 15.9 Å². The maximum atomic E-state index is 13.0. The molecule has 2 N–H and O–H groups in total. The van der Waals surface area contributed by atoms with Crippen molar-refractivity contribution in [3.63, 3.8) is 0 Å². The molecule has 1 aliphatic heterocycles. The zero-order valence-electron chi connectivity index (χ0n) is 20.2. The Bertz CT molecular complexity index is 1260. The monoisotopic (exact) mass is 529 g/mol.